The first-order valence-corrected chi connectivity index (χ1v) is 11.8. The zero-order valence-corrected chi connectivity index (χ0v) is 20.9. The Morgan fingerprint density at radius 3 is 2.52 bits per heavy atom. The van der Waals surface area contributed by atoms with E-state index in [1.807, 2.05) is 0 Å². The molecule has 172 valence electrons. The Kier molecular flexibility index (Phi) is 7.52. The van der Waals surface area contributed by atoms with Gasteiger partial charge in [0.15, 0.2) is 17.5 Å². The molecular weight excluding hydrogens is 505 g/mol. The maximum absolute atomic E-state index is 5.73. The normalized spacial score (nSPS) is 26.9. The number of rotatable bonds is 4. The Bertz CT molecular complexity index is 767. The molecule has 2 unspecified atom stereocenters. The summed E-state index contributed by atoms with van der Waals surface area (Å²) >= 11 is 0. The Morgan fingerprint density at radius 1 is 1.10 bits per heavy atom. The van der Waals surface area contributed by atoms with Crippen LogP contribution in [0, 0.1) is 11.8 Å². The Balaban J connectivity index is 0.00000231. The van der Waals surface area contributed by atoms with Gasteiger partial charge in [-0.2, -0.15) is 0 Å². The molecule has 2 atom stereocenters. The Hall–Kier alpha value is -1.22. The number of nitrogens with zero attached hydrogens (tertiary/aromatic N) is 2. The second-order valence-corrected chi connectivity index (χ2v) is 9.34. The fourth-order valence-electron chi connectivity index (χ4n) is 5.76. The van der Waals surface area contributed by atoms with Crippen LogP contribution in [-0.4, -0.2) is 57.0 Å². The number of guanidine groups is 1. The van der Waals surface area contributed by atoms with Gasteiger partial charge in [-0.1, -0.05) is 18.9 Å². The van der Waals surface area contributed by atoms with Gasteiger partial charge in [0, 0.05) is 38.3 Å². The SMILES string of the molecule is CCNC(=NCC1(c2ccc3c(c2)OCO3)CCOCC1)N1CC2CCCCC2C1.I. The average molecular weight is 541 g/mol. The van der Waals surface area contributed by atoms with Gasteiger partial charge >= 0.3 is 0 Å². The van der Waals surface area contributed by atoms with Gasteiger partial charge in [0.1, 0.15) is 0 Å². The van der Waals surface area contributed by atoms with E-state index in [1.54, 1.807) is 0 Å². The van der Waals surface area contributed by atoms with Gasteiger partial charge in [-0.25, -0.2) is 0 Å². The summed E-state index contributed by atoms with van der Waals surface area (Å²) in [5.41, 5.74) is 1.29. The Morgan fingerprint density at radius 2 is 1.81 bits per heavy atom. The van der Waals surface area contributed by atoms with Crippen molar-refractivity contribution in [3.8, 4) is 11.5 Å². The molecule has 3 aliphatic heterocycles. The lowest BCUT2D eigenvalue weighted by molar-refractivity contribution is 0.0529. The molecule has 0 amide bonds. The molecule has 4 aliphatic rings. The highest BCUT2D eigenvalue weighted by Crippen LogP contribution is 2.41. The number of ether oxygens (including phenoxy) is 3. The average Bonchev–Trinajstić information content (AvgIpc) is 3.43. The van der Waals surface area contributed by atoms with E-state index in [2.05, 4.69) is 35.3 Å². The topological polar surface area (TPSA) is 55.3 Å². The molecule has 1 aromatic carbocycles. The predicted molar refractivity (Wildman–Crippen MR) is 133 cm³/mol. The van der Waals surface area contributed by atoms with Crippen LogP contribution in [0.2, 0.25) is 0 Å². The van der Waals surface area contributed by atoms with Gasteiger partial charge < -0.3 is 24.4 Å². The Labute approximate surface area is 203 Å². The van der Waals surface area contributed by atoms with E-state index in [9.17, 15) is 0 Å². The molecule has 0 aromatic heterocycles. The summed E-state index contributed by atoms with van der Waals surface area (Å²) in [6, 6.07) is 6.42. The lowest BCUT2D eigenvalue weighted by Crippen LogP contribution is -2.43. The minimum Gasteiger partial charge on any atom is -0.454 e. The van der Waals surface area contributed by atoms with Crippen molar-refractivity contribution in [3.05, 3.63) is 23.8 Å². The number of hydrogen-bond acceptors (Lipinski definition) is 4. The third kappa shape index (κ3) is 4.77. The number of benzene rings is 1. The summed E-state index contributed by atoms with van der Waals surface area (Å²) in [6.07, 6.45) is 7.55. The minimum absolute atomic E-state index is 0. The van der Waals surface area contributed by atoms with Crippen LogP contribution in [-0.2, 0) is 10.2 Å². The summed E-state index contributed by atoms with van der Waals surface area (Å²) in [7, 11) is 0. The molecule has 1 N–H and O–H groups in total. The van der Waals surface area contributed by atoms with E-state index in [0.717, 1.165) is 81.5 Å². The summed E-state index contributed by atoms with van der Waals surface area (Å²) in [6.45, 7) is 8.07. The molecule has 1 aromatic rings. The van der Waals surface area contributed by atoms with E-state index < -0.39 is 0 Å². The van der Waals surface area contributed by atoms with Crippen LogP contribution in [0.15, 0.2) is 23.2 Å². The fraction of sp³-hybridized carbons (Fsp3) is 0.708. The quantitative estimate of drug-likeness (QED) is 0.353. The van der Waals surface area contributed by atoms with Crippen LogP contribution in [0.4, 0.5) is 0 Å². The highest BCUT2D eigenvalue weighted by molar-refractivity contribution is 14.0. The molecule has 3 heterocycles. The monoisotopic (exact) mass is 541 g/mol. The lowest BCUT2D eigenvalue weighted by atomic mass is 9.74. The van der Waals surface area contributed by atoms with Crippen LogP contribution in [0.1, 0.15) is 51.0 Å². The first-order valence-electron chi connectivity index (χ1n) is 11.8. The van der Waals surface area contributed by atoms with Crippen molar-refractivity contribution in [3.63, 3.8) is 0 Å². The van der Waals surface area contributed by atoms with Gasteiger partial charge in [0.2, 0.25) is 6.79 Å². The summed E-state index contributed by atoms with van der Waals surface area (Å²) in [4.78, 5) is 7.75. The highest BCUT2D eigenvalue weighted by Gasteiger charge is 2.38. The largest absolute Gasteiger partial charge is 0.454 e. The van der Waals surface area contributed by atoms with Gasteiger partial charge in [-0.3, -0.25) is 4.99 Å². The number of fused-ring (bicyclic) bond motifs is 2. The summed E-state index contributed by atoms with van der Waals surface area (Å²) < 4.78 is 16.9. The van der Waals surface area contributed by atoms with Crippen molar-refractivity contribution in [2.45, 2.75) is 50.9 Å². The van der Waals surface area contributed by atoms with Gasteiger partial charge in [0.25, 0.3) is 0 Å². The van der Waals surface area contributed by atoms with E-state index in [-0.39, 0.29) is 29.4 Å². The molecule has 0 bridgehead atoms. The third-order valence-corrected chi connectivity index (χ3v) is 7.58. The molecule has 3 fully saturated rings. The fourth-order valence-corrected chi connectivity index (χ4v) is 5.76. The first kappa shape index (κ1) is 23.0. The predicted octanol–water partition coefficient (Wildman–Crippen LogP) is 4.17. The number of halogens is 1. The summed E-state index contributed by atoms with van der Waals surface area (Å²) in [5.74, 6) is 4.51. The van der Waals surface area contributed by atoms with Crippen molar-refractivity contribution >= 4 is 29.9 Å². The van der Waals surface area contributed by atoms with Crippen molar-refractivity contribution in [2.24, 2.45) is 16.8 Å². The molecule has 0 radical (unpaired) electrons. The van der Waals surface area contributed by atoms with Gasteiger partial charge in [-0.15, -0.1) is 24.0 Å². The molecule has 0 spiro atoms. The smallest absolute Gasteiger partial charge is 0.231 e. The molecular formula is C24H36IN3O3. The zero-order valence-electron chi connectivity index (χ0n) is 18.6. The molecule has 2 saturated heterocycles. The van der Waals surface area contributed by atoms with Crippen molar-refractivity contribution in [1.82, 2.24) is 10.2 Å². The van der Waals surface area contributed by atoms with Crippen molar-refractivity contribution in [2.75, 3.05) is 46.2 Å². The molecule has 1 aliphatic carbocycles. The highest BCUT2D eigenvalue weighted by atomic mass is 127. The van der Waals surface area contributed by atoms with E-state index in [4.69, 9.17) is 19.2 Å². The maximum Gasteiger partial charge on any atom is 0.231 e. The molecule has 6 nitrogen and oxygen atoms in total. The third-order valence-electron chi connectivity index (χ3n) is 7.58. The van der Waals surface area contributed by atoms with E-state index >= 15 is 0 Å². The van der Waals surface area contributed by atoms with E-state index in [0.29, 0.717) is 6.79 Å². The molecule has 5 rings (SSSR count). The summed E-state index contributed by atoms with van der Waals surface area (Å²) in [5, 5.41) is 3.58. The molecule has 1 saturated carbocycles. The number of likely N-dealkylation sites (tertiary alicyclic amines) is 1. The second kappa shape index (κ2) is 10.1. The minimum atomic E-state index is -0.00755. The van der Waals surface area contributed by atoms with Crippen LogP contribution in [0.5, 0.6) is 11.5 Å². The molecule has 31 heavy (non-hydrogen) atoms. The van der Waals surface area contributed by atoms with Crippen LogP contribution in [0.25, 0.3) is 0 Å². The lowest BCUT2D eigenvalue weighted by Gasteiger charge is -2.37. The standard InChI is InChI=1S/C24H35N3O3.HI/c1-2-25-23(27-14-18-5-3-4-6-19(18)15-27)26-16-24(9-11-28-12-10-24)20-7-8-21-22(13-20)30-17-29-21;/h7-8,13,18-19H,2-6,9-12,14-17H2,1H3,(H,25,26);1H. The maximum atomic E-state index is 5.73. The van der Waals surface area contributed by atoms with Crippen LogP contribution < -0.4 is 14.8 Å². The zero-order chi connectivity index (χ0) is 20.4. The van der Waals surface area contributed by atoms with E-state index in [1.165, 1.54) is 31.2 Å². The van der Waals surface area contributed by atoms with Crippen molar-refractivity contribution < 1.29 is 14.2 Å². The number of hydrogen-bond donors (Lipinski definition) is 1. The van der Waals surface area contributed by atoms with Gasteiger partial charge in [-0.05, 0) is 62.1 Å². The second-order valence-electron chi connectivity index (χ2n) is 9.34. The van der Waals surface area contributed by atoms with Crippen LogP contribution in [0.3, 0.4) is 0 Å². The number of nitrogens with one attached hydrogen (secondary N) is 1. The van der Waals surface area contributed by atoms with Crippen LogP contribution >= 0.6 is 24.0 Å². The van der Waals surface area contributed by atoms with Crippen molar-refractivity contribution in [1.29, 1.82) is 0 Å². The van der Waals surface area contributed by atoms with Gasteiger partial charge in [0.05, 0.1) is 6.54 Å². The first-order chi connectivity index (χ1) is 14.8. The molecule has 7 heteroatoms. The number of aliphatic imine (C=N–C) groups is 1.